The molecule has 3 heteroatoms. The zero-order valence-corrected chi connectivity index (χ0v) is 7.65. The molecule has 0 spiro atoms. The molecule has 0 radical (unpaired) electrons. The third kappa shape index (κ3) is 0.891. The summed E-state index contributed by atoms with van der Waals surface area (Å²) in [7, 11) is 2.06. The molecule has 0 aromatic heterocycles. The molecular formula is C9H13N3. The maximum absolute atomic E-state index is 4.33. The molecule has 0 N–H and O–H groups in total. The van der Waals surface area contributed by atoms with Crippen LogP contribution in [0.1, 0.15) is 13.8 Å². The van der Waals surface area contributed by atoms with Crippen molar-refractivity contribution in [3.63, 3.8) is 0 Å². The molecular weight excluding hydrogens is 150 g/mol. The first kappa shape index (κ1) is 7.53. The zero-order chi connectivity index (χ0) is 8.72. The Morgan fingerprint density at radius 2 is 2.17 bits per heavy atom. The second kappa shape index (κ2) is 2.44. The van der Waals surface area contributed by atoms with Gasteiger partial charge in [0.2, 0.25) is 0 Å². The normalized spacial score (nSPS) is 33.1. The lowest BCUT2D eigenvalue weighted by Crippen LogP contribution is -2.33. The fraction of sp³-hybridized carbons (Fsp3) is 0.556. The zero-order valence-electron chi connectivity index (χ0n) is 7.65. The van der Waals surface area contributed by atoms with Crippen LogP contribution >= 0.6 is 0 Å². The predicted molar refractivity (Wildman–Crippen MR) is 50.4 cm³/mol. The van der Waals surface area contributed by atoms with E-state index in [1.165, 1.54) is 11.3 Å². The summed E-state index contributed by atoms with van der Waals surface area (Å²) in [6, 6.07) is 0. The summed E-state index contributed by atoms with van der Waals surface area (Å²) in [6.07, 6.45) is 4.08. The maximum Gasteiger partial charge on any atom is 0.134 e. The van der Waals surface area contributed by atoms with E-state index in [4.69, 9.17) is 0 Å². The van der Waals surface area contributed by atoms with E-state index in [0.29, 0.717) is 5.92 Å². The number of nitrogens with zero attached hydrogens (tertiary/aromatic N) is 3. The maximum atomic E-state index is 4.33. The smallest absolute Gasteiger partial charge is 0.134 e. The SMILES string of the molecule is CC1=CN(C)C2N=CN=C(C)C12. The standard InChI is InChI=1S/C9H13N3/c1-6-4-12(3)9-8(6)7(2)10-5-11-9/h4-5,8-9H,1-3H3. The summed E-state index contributed by atoms with van der Waals surface area (Å²) in [5.74, 6) is 0.417. The first-order valence-corrected chi connectivity index (χ1v) is 4.16. The van der Waals surface area contributed by atoms with Crippen LogP contribution in [0.4, 0.5) is 0 Å². The van der Waals surface area contributed by atoms with Gasteiger partial charge in [0.05, 0.1) is 5.92 Å². The molecule has 2 heterocycles. The van der Waals surface area contributed by atoms with Crippen molar-refractivity contribution in [1.82, 2.24) is 4.90 Å². The Hall–Kier alpha value is -1.12. The fourth-order valence-corrected chi connectivity index (χ4v) is 1.96. The van der Waals surface area contributed by atoms with E-state index in [1.807, 2.05) is 0 Å². The molecule has 2 aliphatic rings. The quantitative estimate of drug-likeness (QED) is 0.528. The minimum Gasteiger partial charge on any atom is -0.358 e. The summed E-state index contributed by atoms with van der Waals surface area (Å²) in [4.78, 5) is 10.7. The second-order valence-electron chi connectivity index (χ2n) is 3.46. The topological polar surface area (TPSA) is 28.0 Å². The highest BCUT2D eigenvalue weighted by Gasteiger charge is 2.33. The van der Waals surface area contributed by atoms with Crippen LogP contribution in [0.2, 0.25) is 0 Å². The molecule has 2 rings (SSSR count). The molecule has 0 saturated heterocycles. The molecule has 64 valence electrons. The molecule has 2 aliphatic heterocycles. The van der Waals surface area contributed by atoms with E-state index >= 15 is 0 Å². The molecule has 0 fully saturated rings. The first-order chi connectivity index (χ1) is 5.70. The largest absolute Gasteiger partial charge is 0.358 e. The molecule has 0 amide bonds. The van der Waals surface area contributed by atoms with E-state index in [9.17, 15) is 0 Å². The Bertz CT molecular complexity index is 288. The number of hydrogen-bond acceptors (Lipinski definition) is 3. The van der Waals surface area contributed by atoms with Gasteiger partial charge in [-0.25, -0.2) is 9.98 Å². The van der Waals surface area contributed by atoms with Crippen LogP contribution in [0, 0.1) is 5.92 Å². The highest BCUT2D eigenvalue weighted by atomic mass is 15.2. The van der Waals surface area contributed by atoms with Crippen LogP contribution in [0.25, 0.3) is 0 Å². The summed E-state index contributed by atoms with van der Waals surface area (Å²) < 4.78 is 0. The van der Waals surface area contributed by atoms with Crippen molar-refractivity contribution in [2.75, 3.05) is 7.05 Å². The average molecular weight is 163 g/mol. The van der Waals surface area contributed by atoms with Gasteiger partial charge in [-0.2, -0.15) is 0 Å². The van der Waals surface area contributed by atoms with Crippen molar-refractivity contribution in [2.24, 2.45) is 15.9 Å². The van der Waals surface area contributed by atoms with Gasteiger partial charge in [-0.05, 0) is 19.4 Å². The van der Waals surface area contributed by atoms with E-state index in [1.54, 1.807) is 6.34 Å². The number of aliphatic imine (C=N–C) groups is 2. The van der Waals surface area contributed by atoms with Crippen LogP contribution in [0.5, 0.6) is 0 Å². The number of fused-ring (bicyclic) bond motifs is 1. The molecule has 2 unspecified atom stereocenters. The van der Waals surface area contributed by atoms with Gasteiger partial charge in [0.25, 0.3) is 0 Å². The van der Waals surface area contributed by atoms with Crippen molar-refractivity contribution in [2.45, 2.75) is 20.0 Å². The van der Waals surface area contributed by atoms with Crippen molar-refractivity contribution in [3.05, 3.63) is 11.8 Å². The van der Waals surface area contributed by atoms with E-state index < -0.39 is 0 Å². The summed E-state index contributed by atoms with van der Waals surface area (Å²) in [5, 5.41) is 0. The van der Waals surface area contributed by atoms with Crippen LogP contribution in [0.15, 0.2) is 21.8 Å². The summed E-state index contributed by atoms with van der Waals surface area (Å²) in [6.45, 7) is 4.21. The van der Waals surface area contributed by atoms with Gasteiger partial charge in [0.15, 0.2) is 0 Å². The van der Waals surface area contributed by atoms with Gasteiger partial charge in [0.1, 0.15) is 12.5 Å². The lowest BCUT2D eigenvalue weighted by atomic mass is 9.95. The monoisotopic (exact) mass is 163 g/mol. The van der Waals surface area contributed by atoms with E-state index in [2.05, 4.69) is 42.0 Å². The lowest BCUT2D eigenvalue weighted by molar-refractivity contribution is 0.340. The van der Waals surface area contributed by atoms with Crippen molar-refractivity contribution >= 4 is 12.1 Å². The Balaban J connectivity index is 2.36. The van der Waals surface area contributed by atoms with Gasteiger partial charge in [0, 0.05) is 19.0 Å². The third-order valence-corrected chi connectivity index (χ3v) is 2.54. The highest BCUT2D eigenvalue weighted by molar-refractivity contribution is 5.94. The second-order valence-corrected chi connectivity index (χ2v) is 3.46. The van der Waals surface area contributed by atoms with Gasteiger partial charge in [-0.3, -0.25) is 0 Å². The Morgan fingerprint density at radius 1 is 1.42 bits per heavy atom. The molecule has 2 atom stereocenters. The molecule has 0 aromatic rings. The molecule has 0 bridgehead atoms. The first-order valence-electron chi connectivity index (χ1n) is 4.16. The molecule has 3 nitrogen and oxygen atoms in total. The van der Waals surface area contributed by atoms with Gasteiger partial charge >= 0.3 is 0 Å². The van der Waals surface area contributed by atoms with E-state index in [-0.39, 0.29) is 6.17 Å². The van der Waals surface area contributed by atoms with Gasteiger partial charge < -0.3 is 4.90 Å². The fourth-order valence-electron chi connectivity index (χ4n) is 1.96. The molecule has 0 aromatic carbocycles. The highest BCUT2D eigenvalue weighted by Crippen LogP contribution is 2.30. The van der Waals surface area contributed by atoms with Crippen molar-refractivity contribution < 1.29 is 0 Å². The number of hydrogen-bond donors (Lipinski definition) is 0. The average Bonchev–Trinajstić information content (AvgIpc) is 2.29. The van der Waals surface area contributed by atoms with Gasteiger partial charge in [-0.1, -0.05) is 0 Å². The Kier molecular flexibility index (Phi) is 1.53. The third-order valence-electron chi connectivity index (χ3n) is 2.54. The minimum atomic E-state index is 0.266. The van der Waals surface area contributed by atoms with Crippen molar-refractivity contribution in [1.29, 1.82) is 0 Å². The van der Waals surface area contributed by atoms with Crippen LogP contribution in [-0.2, 0) is 0 Å². The van der Waals surface area contributed by atoms with E-state index in [0.717, 1.165) is 0 Å². The summed E-state index contributed by atoms with van der Waals surface area (Å²) >= 11 is 0. The Labute approximate surface area is 72.5 Å². The van der Waals surface area contributed by atoms with Crippen molar-refractivity contribution in [3.8, 4) is 0 Å². The lowest BCUT2D eigenvalue weighted by Gasteiger charge is -2.25. The van der Waals surface area contributed by atoms with Crippen LogP contribution in [0.3, 0.4) is 0 Å². The number of rotatable bonds is 0. The van der Waals surface area contributed by atoms with Gasteiger partial charge in [-0.15, -0.1) is 0 Å². The van der Waals surface area contributed by atoms with Crippen LogP contribution in [-0.4, -0.2) is 30.2 Å². The molecule has 12 heavy (non-hydrogen) atoms. The minimum absolute atomic E-state index is 0.266. The predicted octanol–water partition coefficient (Wildman–Crippen LogP) is 1.28. The molecule has 0 aliphatic carbocycles. The summed E-state index contributed by atoms with van der Waals surface area (Å²) in [5.41, 5.74) is 2.54. The molecule has 0 saturated carbocycles. The van der Waals surface area contributed by atoms with Crippen LogP contribution < -0.4 is 0 Å². The Morgan fingerprint density at radius 3 is 2.83 bits per heavy atom.